The van der Waals surface area contributed by atoms with E-state index in [1.807, 2.05) is 0 Å². The SMILES string of the molecule is NC1=NC(O)C=C1. The van der Waals surface area contributed by atoms with Crippen LogP contribution in [0, 0.1) is 0 Å². The highest BCUT2D eigenvalue weighted by atomic mass is 16.3. The number of hydrogen-bond acceptors (Lipinski definition) is 3. The quantitative estimate of drug-likeness (QED) is 0.418. The molecule has 0 radical (unpaired) electrons. The number of rotatable bonds is 0. The van der Waals surface area contributed by atoms with Crippen molar-refractivity contribution in [2.45, 2.75) is 6.23 Å². The molecule has 1 heterocycles. The van der Waals surface area contributed by atoms with Crippen LogP contribution in [0.25, 0.3) is 0 Å². The van der Waals surface area contributed by atoms with Gasteiger partial charge in [0.1, 0.15) is 5.84 Å². The molecule has 1 atom stereocenters. The van der Waals surface area contributed by atoms with E-state index >= 15 is 0 Å². The third-order valence-electron chi connectivity index (χ3n) is 0.720. The number of nitrogens with two attached hydrogens (primary N) is 1. The maximum atomic E-state index is 8.55. The zero-order chi connectivity index (χ0) is 5.28. The highest BCUT2D eigenvalue weighted by Gasteiger charge is 2.00. The van der Waals surface area contributed by atoms with Gasteiger partial charge in [0.25, 0.3) is 0 Å². The molecular formula is C4H6N2O. The van der Waals surface area contributed by atoms with Gasteiger partial charge in [0.15, 0.2) is 6.23 Å². The van der Waals surface area contributed by atoms with Gasteiger partial charge < -0.3 is 10.8 Å². The molecule has 1 rings (SSSR count). The Balaban J connectivity index is 2.69. The fraction of sp³-hybridized carbons (Fsp3) is 0.250. The van der Waals surface area contributed by atoms with E-state index in [2.05, 4.69) is 4.99 Å². The minimum Gasteiger partial charge on any atom is -0.384 e. The first-order valence-electron chi connectivity index (χ1n) is 1.98. The standard InChI is InChI=1S/C4H6N2O/c5-3-1-2-4(7)6-3/h1-2,4,7H,(H2,5,6). The van der Waals surface area contributed by atoms with Crippen LogP contribution in [0.5, 0.6) is 0 Å². The molecule has 3 heteroatoms. The average molecular weight is 98.1 g/mol. The molecule has 0 spiro atoms. The van der Waals surface area contributed by atoms with E-state index in [0.29, 0.717) is 5.84 Å². The van der Waals surface area contributed by atoms with Crippen molar-refractivity contribution >= 4 is 5.84 Å². The molecule has 0 bridgehead atoms. The van der Waals surface area contributed by atoms with Crippen LogP contribution in [0.3, 0.4) is 0 Å². The van der Waals surface area contributed by atoms with E-state index in [4.69, 9.17) is 10.8 Å². The van der Waals surface area contributed by atoms with Gasteiger partial charge in [0, 0.05) is 0 Å². The average Bonchev–Trinajstić information content (AvgIpc) is 1.87. The number of aliphatic hydroxyl groups excluding tert-OH is 1. The summed E-state index contributed by atoms with van der Waals surface area (Å²) in [4.78, 5) is 3.53. The lowest BCUT2D eigenvalue weighted by atomic mass is 10.5. The fourth-order valence-corrected chi connectivity index (χ4v) is 0.423. The third kappa shape index (κ3) is 0.778. The monoisotopic (exact) mass is 98.0 g/mol. The minimum atomic E-state index is -0.694. The van der Waals surface area contributed by atoms with Gasteiger partial charge in [-0.05, 0) is 12.2 Å². The van der Waals surface area contributed by atoms with Crippen LogP contribution in [0.15, 0.2) is 17.1 Å². The van der Waals surface area contributed by atoms with E-state index < -0.39 is 6.23 Å². The van der Waals surface area contributed by atoms with Crippen LogP contribution in [0.1, 0.15) is 0 Å². The molecule has 0 saturated carbocycles. The maximum Gasteiger partial charge on any atom is 0.167 e. The van der Waals surface area contributed by atoms with Crippen LogP contribution in [0.2, 0.25) is 0 Å². The number of amidine groups is 1. The third-order valence-corrected chi connectivity index (χ3v) is 0.720. The van der Waals surface area contributed by atoms with Crippen molar-refractivity contribution in [3.8, 4) is 0 Å². The minimum absolute atomic E-state index is 0.396. The Bertz CT molecular complexity index is 128. The summed E-state index contributed by atoms with van der Waals surface area (Å²) in [5.41, 5.74) is 5.13. The van der Waals surface area contributed by atoms with Crippen LogP contribution in [0.4, 0.5) is 0 Å². The molecule has 3 N–H and O–H groups in total. The molecule has 3 nitrogen and oxygen atoms in total. The summed E-state index contributed by atoms with van der Waals surface area (Å²) in [5.74, 6) is 0.396. The van der Waals surface area contributed by atoms with Crippen molar-refractivity contribution in [2.24, 2.45) is 10.7 Å². The second-order valence-electron chi connectivity index (χ2n) is 1.33. The lowest BCUT2D eigenvalue weighted by Gasteiger charge is -1.86. The number of nitrogens with zero attached hydrogens (tertiary/aromatic N) is 1. The summed E-state index contributed by atoms with van der Waals surface area (Å²) in [6.07, 6.45) is 2.40. The Hall–Kier alpha value is -0.830. The van der Waals surface area contributed by atoms with E-state index in [0.717, 1.165) is 0 Å². The Morgan fingerprint density at radius 3 is 2.71 bits per heavy atom. The van der Waals surface area contributed by atoms with Crippen molar-refractivity contribution in [1.29, 1.82) is 0 Å². The summed E-state index contributed by atoms with van der Waals surface area (Å²) < 4.78 is 0. The van der Waals surface area contributed by atoms with Gasteiger partial charge in [0.05, 0.1) is 0 Å². The van der Waals surface area contributed by atoms with Gasteiger partial charge >= 0.3 is 0 Å². The first kappa shape index (κ1) is 4.33. The molecule has 0 aliphatic carbocycles. The predicted molar refractivity (Wildman–Crippen MR) is 26.8 cm³/mol. The van der Waals surface area contributed by atoms with Crippen LogP contribution in [-0.4, -0.2) is 17.2 Å². The molecule has 1 unspecified atom stereocenters. The molecule has 7 heavy (non-hydrogen) atoms. The van der Waals surface area contributed by atoms with Gasteiger partial charge in [-0.3, -0.25) is 0 Å². The zero-order valence-electron chi connectivity index (χ0n) is 3.70. The van der Waals surface area contributed by atoms with Gasteiger partial charge in [-0.2, -0.15) is 0 Å². The second-order valence-corrected chi connectivity index (χ2v) is 1.33. The Morgan fingerprint density at radius 1 is 1.86 bits per heavy atom. The maximum absolute atomic E-state index is 8.55. The van der Waals surface area contributed by atoms with Crippen molar-refractivity contribution in [1.82, 2.24) is 0 Å². The van der Waals surface area contributed by atoms with Crippen LogP contribution in [-0.2, 0) is 0 Å². The van der Waals surface area contributed by atoms with Gasteiger partial charge in [-0.25, -0.2) is 4.99 Å². The normalized spacial score (nSPS) is 28.1. The van der Waals surface area contributed by atoms with Crippen molar-refractivity contribution < 1.29 is 5.11 Å². The topological polar surface area (TPSA) is 58.6 Å². The molecule has 38 valence electrons. The van der Waals surface area contributed by atoms with Gasteiger partial charge in [-0.15, -0.1) is 0 Å². The fourth-order valence-electron chi connectivity index (χ4n) is 0.423. The summed E-state index contributed by atoms with van der Waals surface area (Å²) >= 11 is 0. The number of hydrogen-bond donors (Lipinski definition) is 2. The molecule has 0 amide bonds. The van der Waals surface area contributed by atoms with Crippen LogP contribution >= 0.6 is 0 Å². The lowest BCUT2D eigenvalue weighted by Crippen LogP contribution is -2.05. The van der Waals surface area contributed by atoms with E-state index in [-0.39, 0.29) is 0 Å². The summed E-state index contributed by atoms with van der Waals surface area (Å²) in [5, 5.41) is 8.55. The highest BCUT2D eigenvalue weighted by molar-refractivity contribution is 5.93. The molecule has 0 saturated heterocycles. The summed E-state index contributed by atoms with van der Waals surface area (Å²) in [6, 6.07) is 0. The highest BCUT2D eigenvalue weighted by Crippen LogP contribution is 1.95. The van der Waals surface area contributed by atoms with Crippen molar-refractivity contribution in [3.05, 3.63) is 12.2 Å². The molecule has 1 aliphatic rings. The smallest absolute Gasteiger partial charge is 0.167 e. The Morgan fingerprint density at radius 2 is 2.57 bits per heavy atom. The van der Waals surface area contributed by atoms with Crippen LogP contribution < -0.4 is 5.73 Å². The van der Waals surface area contributed by atoms with Crippen molar-refractivity contribution in [2.75, 3.05) is 0 Å². The summed E-state index contributed by atoms with van der Waals surface area (Å²) in [7, 11) is 0. The largest absolute Gasteiger partial charge is 0.384 e. The van der Waals surface area contributed by atoms with Gasteiger partial charge in [0.2, 0.25) is 0 Å². The second kappa shape index (κ2) is 1.35. The van der Waals surface area contributed by atoms with E-state index in [1.54, 1.807) is 6.08 Å². The Labute approximate surface area is 41.2 Å². The van der Waals surface area contributed by atoms with Crippen molar-refractivity contribution in [3.63, 3.8) is 0 Å². The van der Waals surface area contributed by atoms with E-state index in [9.17, 15) is 0 Å². The predicted octanol–water partition coefficient (Wildman–Crippen LogP) is -0.768. The number of aliphatic imine (C=N–C) groups is 1. The molecule has 0 aromatic rings. The molecular weight excluding hydrogens is 92.1 g/mol. The zero-order valence-corrected chi connectivity index (χ0v) is 3.70. The molecule has 0 aromatic heterocycles. The molecule has 0 aromatic carbocycles. The first-order chi connectivity index (χ1) is 3.29. The molecule has 0 fully saturated rings. The number of aliphatic hydroxyl groups is 1. The molecule has 1 aliphatic heterocycles. The summed E-state index contributed by atoms with van der Waals surface area (Å²) in [6.45, 7) is 0. The Kier molecular flexibility index (Phi) is 0.834. The lowest BCUT2D eigenvalue weighted by molar-refractivity contribution is 0.237. The van der Waals surface area contributed by atoms with E-state index in [1.165, 1.54) is 6.08 Å². The first-order valence-corrected chi connectivity index (χ1v) is 1.98. The van der Waals surface area contributed by atoms with Gasteiger partial charge in [-0.1, -0.05) is 0 Å².